The maximum atomic E-state index is 11.7. The molecule has 0 fully saturated rings. The molecule has 24 heavy (non-hydrogen) atoms. The van der Waals surface area contributed by atoms with Crippen molar-refractivity contribution in [3.63, 3.8) is 0 Å². The Kier molecular flexibility index (Phi) is 6.61. The molecule has 0 aromatic heterocycles. The van der Waals surface area contributed by atoms with Gasteiger partial charge in [-0.25, -0.2) is 5.43 Å². The number of nitrogens with one attached hydrogen (secondary N) is 2. The molecule has 0 radical (unpaired) electrons. The average molecular weight is 385 g/mol. The minimum Gasteiger partial charge on any atom is -0.344 e. The van der Waals surface area contributed by atoms with Crippen LogP contribution in [0, 0.1) is 0 Å². The smallest absolute Gasteiger partial charge is 0.329 e. The van der Waals surface area contributed by atoms with Crippen LogP contribution in [0.1, 0.15) is 11.1 Å². The monoisotopic (exact) mass is 383 g/mol. The number of hydrazone groups is 1. The van der Waals surface area contributed by atoms with Crippen LogP contribution >= 0.6 is 34.8 Å². The molecule has 0 spiro atoms. The fourth-order valence-electron chi connectivity index (χ4n) is 1.69. The van der Waals surface area contributed by atoms with Crippen LogP contribution in [0.25, 0.3) is 0 Å². The number of hydrogen-bond donors (Lipinski definition) is 2. The second kappa shape index (κ2) is 8.68. The van der Waals surface area contributed by atoms with Crippen molar-refractivity contribution in [1.29, 1.82) is 0 Å². The van der Waals surface area contributed by atoms with Gasteiger partial charge < -0.3 is 5.32 Å². The zero-order chi connectivity index (χ0) is 17.5. The quantitative estimate of drug-likeness (QED) is 0.482. The maximum Gasteiger partial charge on any atom is 0.329 e. The van der Waals surface area contributed by atoms with Crippen LogP contribution in [-0.2, 0) is 16.1 Å². The molecule has 0 bridgehead atoms. The third kappa shape index (κ3) is 5.53. The Labute approximate surface area is 153 Å². The molecule has 2 rings (SSSR count). The summed E-state index contributed by atoms with van der Waals surface area (Å²) in [5.41, 5.74) is 3.51. The molecular formula is C16H12Cl3N3O2. The van der Waals surface area contributed by atoms with Crippen molar-refractivity contribution in [1.82, 2.24) is 10.7 Å². The molecule has 2 aromatic rings. The molecule has 0 aliphatic carbocycles. The van der Waals surface area contributed by atoms with Gasteiger partial charge in [-0.05, 0) is 35.4 Å². The van der Waals surface area contributed by atoms with Gasteiger partial charge in [-0.1, -0.05) is 53.0 Å². The van der Waals surface area contributed by atoms with E-state index in [9.17, 15) is 9.59 Å². The Bertz CT molecular complexity index is 777. The number of benzene rings is 2. The number of carbonyl (C=O) groups is 2. The second-order valence-corrected chi connectivity index (χ2v) is 5.95. The summed E-state index contributed by atoms with van der Waals surface area (Å²) in [5.74, 6) is -1.71. The molecule has 5 nitrogen and oxygen atoms in total. The van der Waals surface area contributed by atoms with E-state index in [0.29, 0.717) is 20.6 Å². The van der Waals surface area contributed by atoms with Gasteiger partial charge in [0, 0.05) is 21.6 Å². The van der Waals surface area contributed by atoms with Crippen molar-refractivity contribution in [2.24, 2.45) is 5.10 Å². The van der Waals surface area contributed by atoms with Gasteiger partial charge in [0.2, 0.25) is 0 Å². The Balaban J connectivity index is 1.83. The number of hydrogen-bond acceptors (Lipinski definition) is 3. The summed E-state index contributed by atoms with van der Waals surface area (Å²) in [6.07, 6.45) is 1.40. The van der Waals surface area contributed by atoms with E-state index in [-0.39, 0.29) is 6.54 Å². The Morgan fingerprint density at radius 1 is 0.958 bits per heavy atom. The van der Waals surface area contributed by atoms with E-state index in [1.807, 2.05) is 0 Å². The van der Waals surface area contributed by atoms with Crippen LogP contribution in [0.4, 0.5) is 0 Å². The number of rotatable bonds is 4. The molecule has 0 aliphatic heterocycles. The first-order chi connectivity index (χ1) is 11.5. The van der Waals surface area contributed by atoms with Crippen molar-refractivity contribution in [2.45, 2.75) is 6.54 Å². The third-order valence-corrected chi connectivity index (χ3v) is 3.75. The Morgan fingerprint density at radius 2 is 1.62 bits per heavy atom. The van der Waals surface area contributed by atoms with E-state index in [0.717, 1.165) is 5.56 Å². The fourth-order valence-corrected chi connectivity index (χ4v) is 2.29. The normalized spacial score (nSPS) is 10.6. The van der Waals surface area contributed by atoms with Gasteiger partial charge in [-0.15, -0.1) is 0 Å². The molecule has 2 aromatic carbocycles. The summed E-state index contributed by atoms with van der Waals surface area (Å²) in [7, 11) is 0. The van der Waals surface area contributed by atoms with Gasteiger partial charge in [0.15, 0.2) is 0 Å². The lowest BCUT2D eigenvalue weighted by Gasteiger charge is -2.06. The lowest BCUT2D eigenvalue weighted by molar-refractivity contribution is -0.139. The molecule has 2 amide bonds. The molecule has 8 heteroatoms. The van der Waals surface area contributed by atoms with Crippen molar-refractivity contribution < 1.29 is 9.59 Å². The summed E-state index contributed by atoms with van der Waals surface area (Å²) in [6.45, 7) is 0.100. The van der Waals surface area contributed by atoms with Gasteiger partial charge >= 0.3 is 11.8 Å². The average Bonchev–Trinajstić information content (AvgIpc) is 2.55. The van der Waals surface area contributed by atoms with E-state index in [1.165, 1.54) is 6.21 Å². The summed E-state index contributed by atoms with van der Waals surface area (Å²) in [5, 5.41) is 7.64. The van der Waals surface area contributed by atoms with Gasteiger partial charge in [-0.2, -0.15) is 5.10 Å². The van der Waals surface area contributed by atoms with Gasteiger partial charge in [0.1, 0.15) is 0 Å². The first-order valence-corrected chi connectivity index (χ1v) is 7.90. The zero-order valence-electron chi connectivity index (χ0n) is 12.2. The SMILES string of the molecule is O=C(NCc1ccc(Cl)cc1Cl)C(=O)N/N=C/c1ccc(Cl)cc1. The maximum absolute atomic E-state index is 11.7. The van der Waals surface area contributed by atoms with E-state index in [2.05, 4.69) is 15.8 Å². The number of halogens is 3. The third-order valence-electron chi connectivity index (χ3n) is 2.91. The highest BCUT2D eigenvalue weighted by molar-refractivity contribution is 6.36. The molecule has 0 aliphatic rings. The van der Waals surface area contributed by atoms with Gasteiger partial charge in [0.05, 0.1) is 6.21 Å². The molecule has 0 unspecified atom stereocenters. The van der Waals surface area contributed by atoms with Crippen molar-refractivity contribution in [2.75, 3.05) is 0 Å². The molecule has 0 saturated carbocycles. The molecule has 0 saturated heterocycles. The van der Waals surface area contributed by atoms with Crippen LogP contribution in [0.3, 0.4) is 0 Å². The predicted octanol–water partition coefficient (Wildman–Crippen LogP) is 3.41. The predicted molar refractivity (Wildman–Crippen MR) is 95.5 cm³/mol. The highest BCUT2D eigenvalue weighted by Crippen LogP contribution is 2.20. The van der Waals surface area contributed by atoms with Crippen LogP contribution < -0.4 is 10.7 Å². The number of amides is 2. The highest BCUT2D eigenvalue weighted by Gasteiger charge is 2.12. The summed E-state index contributed by atoms with van der Waals surface area (Å²) < 4.78 is 0. The first-order valence-electron chi connectivity index (χ1n) is 6.76. The van der Waals surface area contributed by atoms with E-state index in [4.69, 9.17) is 34.8 Å². The van der Waals surface area contributed by atoms with Gasteiger partial charge in [0.25, 0.3) is 0 Å². The second-order valence-electron chi connectivity index (χ2n) is 4.67. The molecule has 124 valence electrons. The van der Waals surface area contributed by atoms with E-state index < -0.39 is 11.8 Å². The van der Waals surface area contributed by atoms with Crippen LogP contribution in [0.5, 0.6) is 0 Å². The number of nitrogens with zero attached hydrogens (tertiary/aromatic N) is 1. The van der Waals surface area contributed by atoms with Crippen molar-refractivity contribution in [3.8, 4) is 0 Å². The summed E-state index contributed by atoms with van der Waals surface area (Å²) in [4.78, 5) is 23.3. The van der Waals surface area contributed by atoms with Crippen LogP contribution in [0.15, 0.2) is 47.6 Å². The topological polar surface area (TPSA) is 70.6 Å². The first kappa shape index (κ1) is 18.3. The van der Waals surface area contributed by atoms with Gasteiger partial charge in [-0.3, -0.25) is 9.59 Å². The largest absolute Gasteiger partial charge is 0.344 e. The van der Waals surface area contributed by atoms with Crippen LogP contribution in [-0.4, -0.2) is 18.0 Å². The zero-order valence-corrected chi connectivity index (χ0v) is 14.5. The molecular weight excluding hydrogens is 373 g/mol. The Morgan fingerprint density at radius 3 is 2.29 bits per heavy atom. The molecule has 0 atom stereocenters. The number of carbonyl (C=O) groups excluding carboxylic acids is 2. The summed E-state index contributed by atoms with van der Waals surface area (Å²) >= 11 is 17.5. The molecule has 0 heterocycles. The summed E-state index contributed by atoms with van der Waals surface area (Å²) in [6, 6.07) is 11.7. The fraction of sp³-hybridized carbons (Fsp3) is 0.0625. The van der Waals surface area contributed by atoms with Crippen molar-refractivity contribution in [3.05, 3.63) is 68.7 Å². The minimum absolute atomic E-state index is 0.100. The minimum atomic E-state index is -0.884. The Hall–Kier alpha value is -2.08. The van der Waals surface area contributed by atoms with Crippen LogP contribution in [0.2, 0.25) is 15.1 Å². The van der Waals surface area contributed by atoms with E-state index >= 15 is 0 Å². The van der Waals surface area contributed by atoms with E-state index in [1.54, 1.807) is 42.5 Å². The standard InChI is InChI=1S/C16H12Cl3N3O2/c17-12-4-1-10(2-5-12)8-21-22-16(24)15(23)20-9-11-3-6-13(18)7-14(11)19/h1-8H,9H2,(H,20,23)(H,22,24)/b21-8+. The van der Waals surface area contributed by atoms with Crippen molar-refractivity contribution >= 4 is 52.8 Å². The lowest BCUT2D eigenvalue weighted by Crippen LogP contribution is -2.37. The highest BCUT2D eigenvalue weighted by atomic mass is 35.5. The lowest BCUT2D eigenvalue weighted by atomic mass is 10.2. The molecule has 2 N–H and O–H groups in total.